The second-order valence-corrected chi connectivity index (χ2v) is 7.80. The molecule has 3 aromatic rings. The number of carbonyl (C=O) groups excluding carboxylic acids is 1. The SMILES string of the molecule is CN(CC(=O)Cc1ccc(F)cc1)c1nc(-c2cc(OCCO)ccn2)nc2c1CCC2. The fraction of sp³-hybridized carbons (Fsp3) is 0.333. The molecule has 0 amide bonds. The number of ketones is 1. The van der Waals surface area contributed by atoms with Crippen molar-refractivity contribution in [2.45, 2.75) is 25.7 Å². The minimum Gasteiger partial charge on any atom is -0.491 e. The monoisotopic (exact) mass is 436 g/mol. The number of halogens is 1. The van der Waals surface area contributed by atoms with Crippen molar-refractivity contribution < 1.29 is 19.0 Å². The van der Waals surface area contributed by atoms with E-state index >= 15 is 0 Å². The average molecular weight is 436 g/mol. The van der Waals surface area contributed by atoms with Gasteiger partial charge in [0, 0.05) is 37.0 Å². The van der Waals surface area contributed by atoms with Crippen molar-refractivity contribution in [2.24, 2.45) is 0 Å². The van der Waals surface area contributed by atoms with Crippen LogP contribution in [0.3, 0.4) is 0 Å². The number of nitrogens with zero attached hydrogens (tertiary/aromatic N) is 4. The topological polar surface area (TPSA) is 88.4 Å². The fourth-order valence-corrected chi connectivity index (χ4v) is 3.85. The van der Waals surface area contributed by atoms with E-state index in [1.165, 1.54) is 12.1 Å². The Balaban J connectivity index is 1.56. The van der Waals surface area contributed by atoms with Crippen molar-refractivity contribution in [3.8, 4) is 17.3 Å². The fourth-order valence-electron chi connectivity index (χ4n) is 3.85. The maximum Gasteiger partial charge on any atom is 0.180 e. The number of aromatic nitrogens is 3. The second kappa shape index (κ2) is 9.82. The van der Waals surface area contributed by atoms with Gasteiger partial charge in [0.15, 0.2) is 11.6 Å². The molecule has 0 fully saturated rings. The molecule has 32 heavy (non-hydrogen) atoms. The summed E-state index contributed by atoms with van der Waals surface area (Å²) in [5.41, 5.74) is 3.40. The number of Topliss-reactive ketones (excluding diaryl/α,β-unsaturated/α-hetero) is 1. The molecule has 8 heteroatoms. The maximum absolute atomic E-state index is 13.1. The number of rotatable bonds is 9. The number of benzene rings is 1. The second-order valence-electron chi connectivity index (χ2n) is 7.80. The van der Waals surface area contributed by atoms with Crippen molar-refractivity contribution in [2.75, 3.05) is 31.7 Å². The lowest BCUT2D eigenvalue weighted by Gasteiger charge is -2.21. The summed E-state index contributed by atoms with van der Waals surface area (Å²) in [5.74, 6) is 1.49. The molecular formula is C24H25FN4O3. The lowest BCUT2D eigenvalue weighted by Crippen LogP contribution is -2.28. The van der Waals surface area contributed by atoms with Crippen molar-refractivity contribution in [1.29, 1.82) is 0 Å². The van der Waals surface area contributed by atoms with E-state index in [2.05, 4.69) is 4.98 Å². The van der Waals surface area contributed by atoms with Crippen LogP contribution in [0.1, 0.15) is 23.2 Å². The van der Waals surface area contributed by atoms with Crippen LogP contribution in [0.4, 0.5) is 10.2 Å². The molecule has 0 unspecified atom stereocenters. The molecule has 0 saturated heterocycles. The van der Waals surface area contributed by atoms with Crippen LogP contribution in [0.25, 0.3) is 11.5 Å². The molecule has 1 aliphatic carbocycles. The molecule has 1 aromatic carbocycles. The van der Waals surface area contributed by atoms with Gasteiger partial charge in [-0.15, -0.1) is 0 Å². The molecule has 1 aliphatic rings. The number of pyridine rings is 1. The van der Waals surface area contributed by atoms with Crippen LogP contribution in [0.5, 0.6) is 5.75 Å². The molecule has 166 valence electrons. The lowest BCUT2D eigenvalue weighted by molar-refractivity contribution is -0.117. The highest BCUT2D eigenvalue weighted by Crippen LogP contribution is 2.31. The quantitative estimate of drug-likeness (QED) is 0.552. The molecule has 0 bridgehead atoms. The Morgan fingerprint density at radius 2 is 2.00 bits per heavy atom. The third kappa shape index (κ3) is 5.08. The molecule has 0 spiro atoms. The minimum atomic E-state index is -0.318. The standard InChI is InChI=1S/C24H25FN4O3/c1-29(15-18(31)13-16-5-7-17(25)8-6-16)24-20-3-2-4-21(20)27-23(28-24)22-14-19(9-10-26-22)32-12-11-30/h5-10,14,30H,2-4,11-13,15H2,1H3. The zero-order chi connectivity index (χ0) is 22.5. The molecule has 0 radical (unpaired) electrons. The molecule has 2 aromatic heterocycles. The van der Waals surface area contributed by atoms with Gasteiger partial charge in [0.25, 0.3) is 0 Å². The van der Waals surface area contributed by atoms with Crippen LogP contribution in [0.15, 0.2) is 42.6 Å². The Kier molecular flexibility index (Phi) is 6.70. The summed E-state index contributed by atoms with van der Waals surface area (Å²) in [6.45, 7) is 0.305. The zero-order valence-corrected chi connectivity index (χ0v) is 17.9. The van der Waals surface area contributed by atoms with Gasteiger partial charge in [0.2, 0.25) is 0 Å². The van der Waals surface area contributed by atoms with Gasteiger partial charge in [-0.3, -0.25) is 9.78 Å². The van der Waals surface area contributed by atoms with Crippen molar-refractivity contribution in [3.63, 3.8) is 0 Å². The minimum absolute atomic E-state index is 0.0172. The van der Waals surface area contributed by atoms with Crippen LogP contribution in [-0.4, -0.2) is 52.6 Å². The number of ether oxygens (including phenoxy) is 1. The third-order valence-corrected chi connectivity index (χ3v) is 5.32. The van der Waals surface area contributed by atoms with Crippen LogP contribution in [-0.2, 0) is 24.1 Å². The average Bonchev–Trinajstić information content (AvgIpc) is 3.27. The number of hydrogen-bond donors (Lipinski definition) is 1. The van der Waals surface area contributed by atoms with Gasteiger partial charge >= 0.3 is 0 Å². The number of anilines is 1. The van der Waals surface area contributed by atoms with E-state index < -0.39 is 0 Å². The molecule has 4 rings (SSSR count). The highest BCUT2D eigenvalue weighted by atomic mass is 19.1. The number of aliphatic hydroxyl groups excluding tert-OH is 1. The van der Waals surface area contributed by atoms with E-state index in [-0.39, 0.29) is 37.8 Å². The molecule has 2 heterocycles. The maximum atomic E-state index is 13.1. The smallest absolute Gasteiger partial charge is 0.180 e. The van der Waals surface area contributed by atoms with Crippen LogP contribution >= 0.6 is 0 Å². The summed E-state index contributed by atoms with van der Waals surface area (Å²) in [4.78, 5) is 28.4. The largest absolute Gasteiger partial charge is 0.491 e. The van der Waals surface area contributed by atoms with Gasteiger partial charge in [-0.25, -0.2) is 14.4 Å². The van der Waals surface area contributed by atoms with E-state index in [1.54, 1.807) is 30.5 Å². The summed E-state index contributed by atoms with van der Waals surface area (Å²) in [5, 5.41) is 8.98. The third-order valence-electron chi connectivity index (χ3n) is 5.32. The molecule has 1 N–H and O–H groups in total. The summed E-state index contributed by atoms with van der Waals surface area (Å²) in [6, 6.07) is 9.45. The Hall–Kier alpha value is -3.39. The summed E-state index contributed by atoms with van der Waals surface area (Å²) in [7, 11) is 1.85. The molecule has 0 saturated carbocycles. The Bertz CT molecular complexity index is 1100. The van der Waals surface area contributed by atoms with Gasteiger partial charge in [0.1, 0.15) is 29.7 Å². The van der Waals surface area contributed by atoms with Gasteiger partial charge in [-0.1, -0.05) is 12.1 Å². The van der Waals surface area contributed by atoms with Gasteiger partial charge in [-0.05, 0) is 43.0 Å². The highest BCUT2D eigenvalue weighted by Gasteiger charge is 2.23. The van der Waals surface area contributed by atoms with Crippen molar-refractivity contribution in [3.05, 3.63) is 65.2 Å². The van der Waals surface area contributed by atoms with Gasteiger partial charge in [-0.2, -0.15) is 0 Å². The highest BCUT2D eigenvalue weighted by molar-refractivity contribution is 5.85. The molecular weight excluding hydrogens is 411 g/mol. The summed E-state index contributed by atoms with van der Waals surface area (Å²) < 4.78 is 18.6. The van der Waals surface area contributed by atoms with Crippen molar-refractivity contribution >= 4 is 11.6 Å². The first-order valence-electron chi connectivity index (χ1n) is 10.6. The van der Waals surface area contributed by atoms with E-state index in [9.17, 15) is 9.18 Å². The number of likely N-dealkylation sites (N-methyl/N-ethyl adjacent to an activating group) is 1. The summed E-state index contributed by atoms with van der Waals surface area (Å²) >= 11 is 0. The molecule has 7 nitrogen and oxygen atoms in total. The first kappa shape index (κ1) is 21.8. The predicted octanol–water partition coefficient (Wildman–Crippen LogP) is 2.79. The van der Waals surface area contributed by atoms with Crippen LogP contribution < -0.4 is 9.64 Å². The Labute approximate surface area is 185 Å². The van der Waals surface area contributed by atoms with Crippen molar-refractivity contribution in [1.82, 2.24) is 15.0 Å². The lowest BCUT2D eigenvalue weighted by atomic mass is 10.1. The first-order chi connectivity index (χ1) is 15.5. The van der Waals surface area contributed by atoms with Crippen LogP contribution in [0, 0.1) is 5.82 Å². The Morgan fingerprint density at radius 3 is 2.78 bits per heavy atom. The number of fused-ring (bicyclic) bond motifs is 1. The van der Waals surface area contributed by atoms with Gasteiger partial charge < -0.3 is 14.7 Å². The van der Waals surface area contributed by atoms with Gasteiger partial charge in [0.05, 0.1) is 13.2 Å². The summed E-state index contributed by atoms with van der Waals surface area (Å²) in [6.07, 6.45) is 4.57. The molecule has 0 atom stereocenters. The number of aryl methyl sites for hydroxylation is 1. The Morgan fingerprint density at radius 1 is 1.19 bits per heavy atom. The van der Waals surface area contributed by atoms with E-state index in [0.717, 1.165) is 41.9 Å². The van der Waals surface area contributed by atoms with E-state index in [1.807, 2.05) is 11.9 Å². The number of aliphatic hydroxyl groups is 1. The zero-order valence-electron chi connectivity index (χ0n) is 17.9. The predicted molar refractivity (Wildman–Crippen MR) is 118 cm³/mol. The number of carbonyl (C=O) groups is 1. The first-order valence-corrected chi connectivity index (χ1v) is 10.6. The normalized spacial score (nSPS) is 12.5. The van der Waals surface area contributed by atoms with E-state index in [4.69, 9.17) is 19.8 Å². The number of hydrogen-bond acceptors (Lipinski definition) is 7. The molecule has 0 aliphatic heterocycles. The van der Waals surface area contributed by atoms with E-state index in [0.29, 0.717) is 17.3 Å². The van der Waals surface area contributed by atoms with Crippen LogP contribution in [0.2, 0.25) is 0 Å².